The molecule has 88 valence electrons. The average Bonchev–Trinajstić information content (AvgIpc) is 2.70. The molecule has 1 aromatic heterocycles. The van der Waals surface area contributed by atoms with Gasteiger partial charge >= 0.3 is 0 Å². The van der Waals surface area contributed by atoms with Gasteiger partial charge in [0, 0.05) is 24.7 Å². The van der Waals surface area contributed by atoms with Crippen molar-refractivity contribution in [3.8, 4) is 5.88 Å². The topological polar surface area (TPSA) is 56.3 Å². The van der Waals surface area contributed by atoms with Gasteiger partial charge < -0.3 is 14.8 Å². The van der Waals surface area contributed by atoms with Gasteiger partial charge in [-0.2, -0.15) is 4.98 Å². The molecule has 1 saturated heterocycles. The molecular formula is C11H17N3O2. The van der Waals surface area contributed by atoms with Gasteiger partial charge in [-0.05, 0) is 13.8 Å². The molecule has 0 radical (unpaired) electrons. The second kappa shape index (κ2) is 5.12. The molecule has 0 spiro atoms. The van der Waals surface area contributed by atoms with E-state index in [1.54, 1.807) is 0 Å². The molecule has 2 rings (SSSR count). The van der Waals surface area contributed by atoms with Crippen molar-refractivity contribution in [3.05, 3.63) is 11.8 Å². The van der Waals surface area contributed by atoms with E-state index in [-0.39, 0.29) is 6.10 Å². The smallest absolute Gasteiger partial charge is 0.226 e. The fourth-order valence-corrected chi connectivity index (χ4v) is 1.61. The van der Waals surface area contributed by atoms with Crippen LogP contribution in [0.5, 0.6) is 5.88 Å². The molecule has 0 amide bonds. The summed E-state index contributed by atoms with van der Waals surface area (Å²) in [6, 6.07) is 1.85. The first-order chi connectivity index (χ1) is 7.78. The number of nitrogens with one attached hydrogen (secondary N) is 1. The van der Waals surface area contributed by atoms with Crippen LogP contribution in [0.1, 0.15) is 19.0 Å². The predicted molar refractivity (Wildman–Crippen MR) is 60.8 cm³/mol. The Morgan fingerprint density at radius 2 is 2.44 bits per heavy atom. The molecule has 1 aliphatic rings. The van der Waals surface area contributed by atoms with Crippen LogP contribution in [0.4, 0.5) is 5.95 Å². The first-order valence-electron chi connectivity index (χ1n) is 5.62. The molecule has 0 bridgehead atoms. The molecule has 1 N–H and O–H groups in total. The highest BCUT2D eigenvalue weighted by molar-refractivity contribution is 5.30. The van der Waals surface area contributed by atoms with E-state index >= 15 is 0 Å². The average molecular weight is 223 g/mol. The van der Waals surface area contributed by atoms with Crippen molar-refractivity contribution in [2.75, 3.05) is 25.1 Å². The number of hydrogen-bond donors (Lipinski definition) is 1. The quantitative estimate of drug-likeness (QED) is 0.835. The lowest BCUT2D eigenvalue weighted by Crippen LogP contribution is -2.17. The zero-order chi connectivity index (χ0) is 11.4. The zero-order valence-electron chi connectivity index (χ0n) is 9.69. The summed E-state index contributed by atoms with van der Waals surface area (Å²) in [6.07, 6.45) is 1.06. The van der Waals surface area contributed by atoms with Crippen LogP contribution in [0.15, 0.2) is 6.07 Å². The third kappa shape index (κ3) is 2.82. The highest BCUT2D eigenvalue weighted by atomic mass is 16.5. The normalized spacial score (nSPS) is 19.8. The van der Waals surface area contributed by atoms with Crippen LogP contribution in [0.25, 0.3) is 0 Å². The van der Waals surface area contributed by atoms with Crippen molar-refractivity contribution < 1.29 is 9.47 Å². The van der Waals surface area contributed by atoms with Gasteiger partial charge in [-0.3, -0.25) is 0 Å². The van der Waals surface area contributed by atoms with E-state index in [9.17, 15) is 0 Å². The minimum atomic E-state index is 0.128. The van der Waals surface area contributed by atoms with Crippen molar-refractivity contribution in [2.45, 2.75) is 26.4 Å². The fourth-order valence-electron chi connectivity index (χ4n) is 1.61. The lowest BCUT2D eigenvalue weighted by Gasteiger charge is -2.12. The van der Waals surface area contributed by atoms with Crippen LogP contribution < -0.4 is 10.1 Å². The standard InChI is InChI=1S/C11H17N3O2/c1-3-12-11-13-8(2)6-10(14-11)16-9-4-5-15-7-9/h6,9H,3-5,7H2,1-2H3,(H,12,13,14). The molecule has 16 heavy (non-hydrogen) atoms. The molecule has 0 aromatic carbocycles. The van der Waals surface area contributed by atoms with Gasteiger partial charge in [-0.25, -0.2) is 4.98 Å². The Hall–Kier alpha value is -1.36. The van der Waals surface area contributed by atoms with Gasteiger partial charge in [-0.1, -0.05) is 0 Å². The molecule has 0 aliphatic carbocycles. The van der Waals surface area contributed by atoms with E-state index in [0.717, 1.165) is 25.3 Å². The lowest BCUT2D eigenvalue weighted by atomic mass is 10.3. The van der Waals surface area contributed by atoms with Gasteiger partial charge in [0.1, 0.15) is 6.10 Å². The van der Waals surface area contributed by atoms with Crippen LogP contribution >= 0.6 is 0 Å². The maximum Gasteiger partial charge on any atom is 0.226 e. The maximum absolute atomic E-state index is 5.73. The number of ether oxygens (including phenoxy) is 2. The van der Waals surface area contributed by atoms with Crippen molar-refractivity contribution in [1.29, 1.82) is 0 Å². The summed E-state index contributed by atoms with van der Waals surface area (Å²) in [5.41, 5.74) is 0.903. The van der Waals surface area contributed by atoms with Gasteiger partial charge in [0.25, 0.3) is 0 Å². The molecule has 1 fully saturated rings. The second-order valence-electron chi connectivity index (χ2n) is 3.80. The second-order valence-corrected chi connectivity index (χ2v) is 3.80. The summed E-state index contributed by atoms with van der Waals surface area (Å²) in [5.74, 6) is 1.25. The van der Waals surface area contributed by atoms with Gasteiger partial charge in [-0.15, -0.1) is 0 Å². The number of aromatic nitrogens is 2. The first-order valence-corrected chi connectivity index (χ1v) is 5.62. The van der Waals surface area contributed by atoms with Crippen LogP contribution in [-0.4, -0.2) is 35.8 Å². The Morgan fingerprint density at radius 1 is 1.56 bits per heavy atom. The summed E-state index contributed by atoms with van der Waals surface area (Å²) in [5, 5.41) is 3.08. The lowest BCUT2D eigenvalue weighted by molar-refractivity contribution is 0.138. The van der Waals surface area contributed by atoms with Gasteiger partial charge in [0.05, 0.1) is 13.2 Å². The predicted octanol–water partition coefficient (Wildman–Crippen LogP) is 1.38. The monoisotopic (exact) mass is 223 g/mol. The van der Waals surface area contributed by atoms with Crippen molar-refractivity contribution in [3.63, 3.8) is 0 Å². The minimum absolute atomic E-state index is 0.128. The number of anilines is 1. The molecule has 0 saturated carbocycles. The minimum Gasteiger partial charge on any atom is -0.472 e. The SMILES string of the molecule is CCNc1nc(C)cc(OC2CCOC2)n1. The summed E-state index contributed by atoms with van der Waals surface area (Å²) < 4.78 is 11.0. The fraction of sp³-hybridized carbons (Fsp3) is 0.636. The summed E-state index contributed by atoms with van der Waals surface area (Å²) in [7, 11) is 0. The summed E-state index contributed by atoms with van der Waals surface area (Å²) >= 11 is 0. The molecule has 1 aromatic rings. The number of aryl methyl sites for hydroxylation is 1. The summed E-state index contributed by atoms with van der Waals surface area (Å²) in [4.78, 5) is 8.55. The molecule has 1 atom stereocenters. The van der Waals surface area contributed by atoms with Crippen LogP contribution in [0.3, 0.4) is 0 Å². The van der Waals surface area contributed by atoms with E-state index in [1.807, 2.05) is 19.9 Å². The third-order valence-corrected chi connectivity index (χ3v) is 2.34. The number of nitrogens with zero attached hydrogens (tertiary/aromatic N) is 2. The number of rotatable bonds is 4. The Labute approximate surface area is 95.2 Å². The molecular weight excluding hydrogens is 206 g/mol. The van der Waals surface area contributed by atoms with Crippen molar-refractivity contribution >= 4 is 5.95 Å². The maximum atomic E-state index is 5.73. The van der Waals surface area contributed by atoms with Crippen molar-refractivity contribution in [2.24, 2.45) is 0 Å². The summed E-state index contributed by atoms with van der Waals surface area (Å²) in [6.45, 7) is 6.17. The molecule has 5 heteroatoms. The highest BCUT2D eigenvalue weighted by Gasteiger charge is 2.18. The number of hydrogen-bond acceptors (Lipinski definition) is 5. The van der Waals surface area contributed by atoms with Crippen molar-refractivity contribution in [1.82, 2.24) is 9.97 Å². The molecule has 5 nitrogen and oxygen atoms in total. The Kier molecular flexibility index (Phi) is 3.56. The Balaban J connectivity index is 2.06. The largest absolute Gasteiger partial charge is 0.472 e. The van der Waals surface area contributed by atoms with E-state index in [0.29, 0.717) is 18.4 Å². The molecule has 1 unspecified atom stereocenters. The third-order valence-electron chi connectivity index (χ3n) is 2.34. The highest BCUT2D eigenvalue weighted by Crippen LogP contribution is 2.16. The van der Waals surface area contributed by atoms with Crippen LogP contribution in [0, 0.1) is 6.92 Å². The molecule has 2 heterocycles. The zero-order valence-corrected chi connectivity index (χ0v) is 9.69. The van der Waals surface area contributed by atoms with Crippen LogP contribution in [-0.2, 0) is 4.74 Å². The van der Waals surface area contributed by atoms with Crippen LogP contribution in [0.2, 0.25) is 0 Å². The van der Waals surface area contributed by atoms with E-state index < -0.39 is 0 Å². The Bertz CT molecular complexity index is 351. The van der Waals surface area contributed by atoms with E-state index in [4.69, 9.17) is 9.47 Å². The van der Waals surface area contributed by atoms with E-state index in [1.165, 1.54) is 0 Å². The Morgan fingerprint density at radius 3 is 3.12 bits per heavy atom. The van der Waals surface area contributed by atoms with Gasteiger partial charge in [0.2, 0.25) is 11.8 Å². The van der Waals surface area contributed by atoms with Gasteiger partial charge in [0.15, 0.2) is 0 Å². The van der Waals surface area contributed by atoms with E-state index in [2.05, 4.69) is 15.3 Å². The first kappa shape index (κ1) is 11.1. The molecule has 1 aliphatic heterocycles.